The van der Waals surface area contributed by atoms with Gasteiger partial charge >= 0.3 is 99.4 Å². The second kappa shape index (κ2) is 15.4. The molecule has 20 heavy (non-hydrogen) atoms. The summed E-state index contributed by atoms with van der Waals surface area (Å²) >= 11 is 0. The Balaban J connectivity index is -0.0000000963. The van der Waals surface area contributed by atoms with Gasteiger partial charge in [0.05, 0.1) is 0 Å². The topological polar surface area (TPSA) is 157 Å². The molecule has 0 rings (SSSR count). The van der Waals surface area contributed by atoms with E-state index in [9.17, 15) is 19.2 Å². The van der Waals surface area contributed by atoms with Crippen LogP contribution in [0.3, 0.4) is 0 Å². The Morgan fingerprint density at radius 2 is 1.10 bits per heavy atom. The van der Waals surface area contributed by atoms with E-state index in [0.29, 0.717) is 12.2 Å². The predicted molar refractivity (Wildman–Crippen MR) is 67.6 cm³/mol. The van der Waals surface area contributed by atoms with E-state index >= 15 is 0 Å². The maximum absolute atomic E-state index is 10.9. The SMILES string of the molecule is NOC(=O)COC(=O)/C=C/C(=O)OCC(=O)ON.[Ca+2].[Ca+2].[H-].[H-].[H-].[H-]. The van der Waals surface area contributed by atoms with Crippen LogP contribution in [0.2, 0.25) is 0 Å². The molecule has 4 N–H and O–H groups in total. The molecule has 12 heteroatoms. The molecule has 0 bridgehead atoms. The van der Waals surface area contributed by atoms with Gasteiger partial charge in [0, 0.05) is 12.2 Å². The molecular weight excluding hydrogens is 332 g/mol. The fourth-order valence-corrected chi connectivity index (χ4v) is 0.560. The molecule has 0 aromatic carbocycles. The third-order valence-corrected chi connectivity index (χ3v) is 1.28. The van der Waals surface area contributed by atoms with E-state index in [4.69, 9.17) is 0 Å². The van der Waals surface area contributed by atoms with E-state index in [1.165, 1.54) is 0 Å². The zero-order valence-corrected chi connectivity index (χ0v) is 14.8. The molecule has 10 nitrogen and oxygen atoms in total. The van der Waals surface area contributed by atoms with Crippen molar-refractivity contribution >= 4 is 99.4 Å². The van der Waals surface area contributed by atoms with Crippen LogP contribution in [0.25, 0.3) is 0 Å². The molecule has 108 valence electrons. The number of nitrogens with two attached hydrogens (primary N) is 2. The molecule has 0 amide bonds. The standard InChI is InChI=1S/C8H10N2O8.2Ca.4H/c9-17-7(13)3-15-5(11)1-2-6(12)16-4-8(14)18-10;;;;;;/h1-2H,3-4,9-10H2;;;;;;/q;2*+2;4*-1/b2-1+;;;;;;. The van der Waals surface area contributed by atoms with E-state index in [0.717, 1.165) is 0 Å². The van der Waals surface area contributed by atoms with Gasteiger partial charge in [-0.3, -0.25) is 0 Å². The van der Waals surface area contributed by atoms with Gasteiger partial charge in [0.15, 0.2) is 13.2 Å². The second-order valence-corrected chi connectivity index (χ2v) is 2.53. The third kappa shape index (κ3) is 14.5. The van der Waals surface area contributed by atoms with Crippen LogP contribution in [0, 0.1) is 0 Å². The van der Waals surface area contributed by atoms with Crippen LogP contribution < -0.4 is 11.8 Å². The number of carbonyl (C=O) groups excluding carboxylic acids is 4. The first kappa shape index (κ1) is 25.0. The Kier molecular flexibility index (Phi) is 19.3. The molecular formula is C8H14Ca2N2O8. The van der Waals surface area contributed by atoms with Crippen molar-refractivity contribution in [2.24, 2.45) is 11.8 Å². The van der Waals surface area contributed by atoms with Crippen LogP contribution in [0.5, 0.6) is 0 Å². The number of hydrogen-bond acceptors (Lipinski definition) is 10. The summed E-state index contributed by atoms with van der Waals surface area (Å²) in [4.78, 5) is 50.1. The van der Waals surface area contributed by atoms with Crippen LogP contribution in [0.15, 0.2) is 12.2 Å². The third-order valence-electron chi connectivity index (χ3n) is 1.28. The smallest absolute Gasteiger partial charge is 1.00 e. The first-order valence-electron chi connectivity index (χ1n) is 4.30. The van der Waals surface area contributed by atoms with Crippen molar-refractivity contribution < 1.29 is 44.0 Å². The van der Waals surface area contributed by atoms with Gasteiger partial charge in [-0.2, -0.15) is 11.8 Å². The Morgan fingerprint density at radius 1 is 0.800 bits per heavy atom. The zero-order chi connectivity index (χ0) is 14.0. The minimum atomic E-state index is -1.00. The van der Waals surface area contributed by atoms with Crippen molar-refractivity contribution in [3.8, 4) is 0 Å². The summed E-state index contributed by atoms with van der Waals surface area (Å²) in [6.07, 6.45) is 1.36. The number of ether oxygens (including phenoxy) is 2. The van der Waals surface area contributed by atoms with Gasteiger partial charge in [-0.1, -0.05) is 0 Å². The number of carbonyl (C=O) groups is 4. The van der Waals surface area contributed by atoms with Gasteiger partial charge in [-0.05, 0) is 0 Å². The minimum absolute atomic E-state index is 0. The Hall–Kier alpha value is 0.0595. The van der Waals surface area contributed by atoms with Crippen LogP contribution in [0.1, 0.15) is 5.71 Å². The molecule has 0 spiro atoms. The summed E-state index contributed by atoms with van der Waals surface area (Å²) in [5, 5.41) is 0. The van der Waals surface area contributed by atoms with Crippen molar-refractivity contribution in [1.29, 1.82) is 0 Å². The van der Waals surface area contributed by atoms with E-state index in [1.807, 2.05) is 0 Å². The summed E-state index contributed by atoms with van der Waals surface area (Å²) in [7, 11) is 0. The number of hydrogen-bond donors (Lipinski definition) is 2. The second-order valence-electron chi connectivity index (χ2n) is 2.53. The van der Waals surface area contributed by atoms with Crippen molar-refractivity contribution in [2.45, 2.75) is 0 Å². The maximum atomic E-state index is 10.9. The van der Waals surface area contributed by atoms with Crippen LogP contribution in [-0.4, -0.2) is 113 Å². The van der Waals surface area contributed by atoms with Crippen molar-refractivity contribution in [3.63, 3.8) is 0 Å². The first-order chi connectivity index (χ1) is 8.49. The number of rotatable bonds is 6. The molecule has 0 aliphatic rings. The molecule has 0 heterocycles. The predicted octanol–water partition coefficient (Wildman–Crippen LogP) is -2.85. The van der Waals surface area contributed by atoms with Crippen LogP contribution in [-0.2, 0) is 38.3 Å². The van der Waals surface area contributed by atoms with Crippen molar-refractivity contribution in [1.82, 2.24) is 0 Å². The van der Waals surface area contributed by atoms with E-state index in [2.05, 4.69) is 30.9 Å². The van der Waals surface area contributed by atoms with E-state index in [1.54, 1.807) is 0 Å². The molecule has 0 aromatic heterocycles. The number of esters is 2. The molecule has 0 fully saturated rings. The average Bonchev–Trinajstić information content (AvgIpc) is 2.39. The fourth-order valence-electron chi connectivity index (χ4n) is 0.560. The first-order valence-corrected chi connectivity index (χ1v) is 4.30. The fraction of sp³-hybridized carbons (Fsp3) is 0.250. The molecule has 0 radical (unpaired) electrons. The van der Waals surface area contributed by atoms with E-state index < -0.39 is 37.1 Å². The molecule has 0 atom stereocenters. The van der Waals surface area contributed by atoms with Gasteiger partial charge in [0.25, 0.3) is 0 Å². The summed E-state index contributed by atoms with van der Waals surface area (Å²) in [6.45, 7) is -1.40. The van der Waals surface area contributed by atoms with Gasteiger partial charge in [-0.15, -0.1) is 0 Å². The van der Waals surface area contributed by atoms with Crippen LogP contribution >= 0.6 is 0 Å². The Bertz CT molecular complexity index is 355. The maximum Gasteiger partial charge on any atom is 2.00 e. The van der Waals surface area contributed by atoms with Crippen molar-refractivity contribution in [3.05, 3.63) is 12.2 Å². The Morgan fingerprint density at radius 3 is 1.35 bits per heavy atom. The molecule has 0 aliphatic heterocycles. The molecule has 0 unspecified atom stereocenters. The van der Waals surface area contributed by atoms with E-state index in [-0.39, 0.29) is 81.2 Å². The molecule has 0 saturated carbocycles. The zero-order valence-electron chi connectivity index (χ0n) is 14.4. The molecule has 0 saturated heterocycles. The Labute approximate surface area is 178 Å². The van der Waals surface area contributed by atoms with Crippen molar-refractivity contribution in [2.75, 3.05) is 13.2 Å². The molecule has 0 aromatic rings. The summed E-state index contributed by atoms with van der Waals surface area (Å²) in [5.74, 6) is 5.01. The van der Waals surface area contributed by atoms with Gasteiger partial charge < -0.3 is 24.9 Å². The van der Waals surface area contributed by atoms with Gasteiger partial charge in [0.1, 0.15) is 0 Å². The van der Waals surface area contributed by atoms with Gasteiger partial charge in [0.2, 0.25) is 0 Å². The summed E-state index contributed by atoms with van der Waals surface area (Å²) in [6, 6.07) is 0. The quantitative estimate of drug-likeness (QED) is 0.222. The normalized spacial score (nSPS) is 8.70. The van der Waals surface area contributed by atoms with Crippen LogP contribution in [0.4, 0.5) is 0 Å². The minimum Gasteiger partial charge on any atom is -1.00 e. The molecule has 0 aliphatic carbocycles. The van der Waals surface area contributed by atoms with Gasteiger partial charge in [-0.25, -0.2) is 19.2 Å². The monoisotopic (exact) mass is 346 g/mol. The largest absolute Gasteiger partial charge is 2.00 e. The average molecular weight is 346 g/mol. The summed E-state index contributed by atoms with van der Waals surface area (Å²) in [5.41, 5.74) is 0. The summed E-state index contributed by atoms with van der Waals surface area (Å²) < 4.78 is 8.58.